The van der Waals surface area contributed by atoms with Crippen LogP contribution in [0.1, 0.15) is 5.69 Å². The van der Waals surface area contributed by atoms with Crippen molar-refractivity contribution in [3.05, 3.63) is 45.1 Å². The number of nitrogens with zero attached hydrogens (tertiary/aromatic N) is 3. The highest BCUT2D eigenvalue weighted by molar-refractivity contribution is 9.10. The molecular formula is C9H8BrN5O2. The summed E-state index contributed by atoms with van der Waals surface area (Å²) < 4.78 is 0.547. The third-order valence-electron chi connectivity index (χ3n) is 2.04. The van der Waals surface area contributed by atoms with Crippen LogP contribution in [0.3, 0.4) is 0 Å². The average molecular weight is 298 g/mol. The fraction of sp³-hybridized carbons (Fsp3) is 0.111. The van der Waals surface area contributed by atoms with Crippen molar-refractivity contribution in [3.8, 4) is 0 Å². The summed E-state index contributed by atoms with van der Waals surface area (Å²) in [5.41, 5.74) is 0.848. The first-order valence-corrected chi connectivity index (χ1v) is 5.47. The van der Waals surface area contributed by atoms with Crippen LogP contribution in [0.4, 0.5) is 11.5 Å². The van der Waals surface area contributed by atoms with E-state index in [4.69, 9.17) is 0 Å². The zero-order valence-electron chi connectivity index (χ0n) is 8.55. The number of aromatic amines is 1. The maximum absolute atomic E-state index is 10.5. The molecule has 0 fully saturated rings. The second-order valence-corrected chi connectivity index (χ2v) is 4.07. The molecule has 0 aliphatic heterocycles. The normalized spacial score (nSPS) is 10.2. The van der Waals surface area contributed by atoms with E-state index in [0.29, 0.717) is 16.8 Å². The lowest BCUT2D eigenvalue weighted by molar-refractivity contribution is -0.385. The van der Waals surface area contributed by atoms with Gasteiger partial charge in [-0.2, -0.15) is 0 Å². The van der Waals surface area contributed by atoms with E-state index in [-0.39, 0.29) is 5.69 Å². The Morgan fingerprint density at radius 1 is 1.53 bits per heavy atom. The Kier molecular flexibility index (Phi) is 3.33. The minimum atomic E-state index is -0.490. The van der Waals surface area contributed by atoms with Crippen LogP contribution < -0.4 is 5.32 Å². The molecular weight excluding hydrogens is 290 g/mol. The number of halogens is 1. The lowest BCUT2D eigenvalue weighted by atomic mass is 10.4. The number of imidazole rings is 1. The fourth-order valence-electron chi connectivity index (χ4n) is 1.22. The van der Waals surface area contributed by atoms with Gasteiger partial charge in [-0.3, -0.25) is 10.1 Å². The molecule has 88 valence electrons. The number of nitrogens with one attached hydrogen (secondary N) is 2. The van der Waals surface area contributed by atoms with Gasteiger partial charge < -0.3 is 10.3 Å². The molecule has 0 saturated carbocycles. The van der Waals surface area contributed by atoms with Crippen LogP contribution in [0, 0.1) is 10.1 Å². The predicted molar refractivity (Wildman–Crippen MR) is 64.5 cm³/mol. The summed E-state index contributed by atoms with van der Waals surface area (Å²) in [6, 6.07) is 1.41. The van der Waals surface area contributed by atoms with Gasteiger partial charge in [-0.25, -0.2) is 9.97 Å². The van der Waals surface area contributed by atoms with Crippen LogP contribution >= 0.6 is 15.9 Å². The van der Waals surface area contributed by atoms with Crippen LogP contribution in [0.15, 0.2) is 29.3 Å². The maximum Gasteiger partial charge on any atom is 0.288 e. The van der Waals surface area contributed by atoms with Crippen molar-refractivity contribution in [2.24, 2.45) is 0 Å². The van der Waals surface area contributed by atoms with Gasteiger partial charge in [0.2, 0.25) is 0 Å². The lowest BCUT2D eigenvalue weighted by Gasteiger charge is -2.05. The molecule has 0 atom stereocenters. The Labute approximate surface area is 105 Å². The van der Waals surface area contributed by atoms with E-state index >= 15 is 0 Å². The van der Waals surface area contributed by atoms with E-state index in [0.717, 1.165) is 5.69 Å². The molecule has 2 aromatic heterocycles. The second kappa shape index (κ2) is 4.91. The molecule has 2 heterocycles. The number of anilines is 1. The molecule has 0 unspecified atom stereocenters. The Bertz CT molecular complexity index is 528. The smallest absolute Gasteiger partial charge is 0.288 e. The van der Waals surface area contributed by atoms with Gasteiger partial charge in [0.05, 0.1) is 28.0 Å². The third kappa shape index (κ3) is 2.78. The molecule has 17 heavy (non-hydrogen) atoms. The lowest BCUT2D eigenvalue weighted by Crippen LogP contribution is -2.02. The monoisotopic (exact) mass is 297 g/mol. The van der Waals surface area contributed by atoms with Crippen LogP contribution in [-0.4, -0.2) is 19.9 Å². The minimum Gasteiger partial charge on any atom is -0.364 e. The number of hydrogen-bond donors (Lipinski definition) is 2. The molecule has 7 nitrogen and oxygen atoms in total. The van der Waals surface area contributed by atoms with Crippen molar-refractivity contribution < 1.29 is 4.92 Å². The van der Waals surface area contributed by atoms with Crippen molar-refractivity contribution in [1.82, 2.24) is 15.0 Å². The van der Waals surface area contributed by atoms with Gasteiger partial charge in [-0.05, 0) is 15.9 Å². The predicted octanol–water partition coefficient (Wildman–Crippen LogP) is 2.09. The summed E-state index contributed by atoms with van der Waals surface area (Å²) in [6.07, 6.45) is 4.47. The zero-order chi connectivity index (χ0) is 12.3. The summed E-state index contributed by atoms with van der Waals surface area (Å²) >= 11 is 3.22. The van der Waals surface area contributed by atoms with Crippen molar-refractivity contribution in [3.63, 3.8) is 0 Å². The van der Waals surface area contributed by atoms with Gasteiger partial charge in [0.1, 0.15) is 12.0 Å². The Balaban J connectivity index is 2.09. The Hall–Kier alpha value is -1.96. The average Bonchev–Trinajstić information content (AvgIpc) is 2.80. The zero-order valence-corrected chi connectivity index (χ0v) is 10.1. The van der Waals surface area contributed by atoms with Crippen LogP contribution in [0.2, 0.25) is 0 Å². The SMILES string of the molecule is O=[N+]([O-])c1cnc(NCc2cnc[nH]2)c(Br)c1. The molecule has 0 amide bonds. The molecule has 0 spiro atoms. The molecule has 2 aromatic rings. The van der Waals surface area contributed by atoms with E-state index in [2.05, 4.69) is 36.2 Å². The Morgan fingerprint density at radius 2 is 2.35 bits per heavy atom. The standard InChI is InChI=1S/C9H8BrN5O2/c10-8-1-7(15(16)17)4-13-9(8)12-3-6-2-11-5-14-6/h1-2,4-5H,3H2,(H,11,14)(H,12,13). The maximum atomic E-state index is 10.5. The summed E-state index contributed by atoms with van der Waals surface area (Å²) in [4.78, 5) is 20.8. The van der Waals surface area contributed by atoms with Crippen molar-refractivity contribution in [1.29, 1.82) is 0 Å². The van der Waals surface area contributed by atoms with Gasteiger partial charge in [0.25, 0.3) is 5.69 Å². The number of pyridine rings is 1. The van der Waals surface area contributed by atoms with Crippen molar-refractivity contribution in [2.75, 3.05) is 5.32 Å². The van der Waals surface area contributed by atoms with Gasteiger partial charge in [0, 0.05) is 12.3 Å². The fourth-order valence-corrected chi connectivity index (χ4v) is 1.70. The van der Waals surface area contributed by atoms with Crippen LogP contribution in [0.5, 0.6) is 0 Å². The largest absolute Gasteiger partial charge is 0.364 e. The highest BCUT2D eigenvalue weighted by Gasteiger charge is 2.10. The highest BCUT2D eigenvalue weighted by Crippen LogP contribution is 2.24. The summed E-state index contributed by atoms with van der Waals surface area (Å²) in [5.74, 6) is 0.546. The molecule has 0 radical (unpaired) electrons. The summed E-state index contributed by atoms with van der Waals surface area (Å²) in [5, 5.41) is 13.5. The molecule has 0 bridgehead atoms. The first kappa shape index (κ1) is 11.5. The topological polar surface area (TPSA) is 96.7 Å². The first-order chi connectivity index (χ1) is 8.16. The van der Waals surface area contributed by atoms with Crippen LogP contribution in [0.25, 0.3) is 0 Å². The molecule has 8 heteroatoms. The summed E-state index contributed by atoms with van der Waals surface area (Å²) in [7, 11) is 0. The molecule has 0 aliphatic carbocycles. The van der Waals surface area contributed by atoms with Crippen LogP contribution in [-0.2, 0) is 6.54 Å². The number of rotatable bonds is 4. The number of aromatic nitrogens is 3. The first-order valence-electron chi connectivity index (χ1n) is 4.68. The van der Waals surface area contributed by atoms with Crippen molar-refractivity contribution in [2.45, 2.75) is 6.54 Å². The number of H-pyrrole nitrogens is 1. The molecule has 2 N–H and O–H groups in total. The highest BCUT2D eigenvalue weighted by atomic mass is 79.9. The minimum absolute atomic E-state index is 0.0519. The molecule has 0 saturated heterocycles. The van der Waals surface area contributed by atoms with Gasteiger partial charge >= 0.3 is 0 Å². The second-order valence-electron chi connectivity index (χ2n) is 3.21. The van der Waals surface area contributed by atoms with E-state index in [1.165, 1.54) is 12.3 Å². The summed E-state index contributed by atoms with van der Waals surface area (Å²) in [6.45, 7) is 0.517. The molecule has 2 rings (SSSR count). The molecule has 0 aromatic carbocycles. The van der Waals surface area contributed by atoms with E-state index in [1.807, 2.05) is 0 Å². The van der Waals surface area contributed by atoms with E-state index in [9.17, 15) is 10.1 Å². The molecule has 0 aliphatic rings. The quantitative estimate of drug-likeness (QED) is 0.665. The van der Waals surface area contributed by atoms with E-state index in [1.54, 1.807) is 12.5 Å². The van der Waals surface area contributed by atoms with Gasteiger partial charge in [-0.15, -0.1) is 0 Å². The van der Waals surface area contributed by atoms with Crippen molar-refractivity contribution >= 4 is 27.4 Å². The Morgan fingerprint density at radius 3 is 2.94 bits per heavy atom. The van der Waals surface area contributed by atoms with Gasteiger partial charge in [-0.1, -0.05) is 0 Å². The van der Waals surface area contributed by atoms with Gasteiger partial charge in [0.15, 0.2) is 0 Å². The number of nitro groups is 1. The third-order valence-corrected chi connectivity index (χ3v) is 2.64. The van der Waals surface area contributed by atoms with E-state index < -0.39 is 4.92 Å². The number of hydrogen-bond acceptors (Lipinski definition) is 5.